The van der Waals surface area contributed by atoms with Crippen LogP contribution in [0.25, 0.3) is 0 Å². The molecule has 1 saturated carbocycles. The van der Waals surface area contributed by atoms with Gasteiger partial charge in [0.05, 0.1) is 0 Å². The van der Waals surface area contributed by atoms with E-state index >= 15 is 0 Å². The number of nitrogens with zero attached hydrogens (tertiary/aromatic N) is 1. The van der Waals surface area contributed by atoms with Gasteiger partial charge in [-0.1, -0.05) is 0 Å². The molecule has 5 nitrogen and oxygen atoms in total. The predicted octanol–water partition coefficient (Wildman–Crippen LogP) is 0.765. The van der Waals surface area contributed by atoms with Gasteiger partial charge in [0.15, 0.2) is 0 Å². The Kier molecular flexibility index (Phi) is 5.55. The van der Waals surface area contributed by atoms with Gasteiger partial charge in [0.1, 0.15) is 0 Å². The largest absolute Gasteiger partial charge is 0.382 e. The molecule has 0 radical (unpaired) electrons. The highest BCUT2D eigenvalue weighted by Gasteiger charge is 2.32. The summed E-state index contributed by atoms with van der Waals surface area (Å²) in [4.78, 5) is 4.37. The van der Waals surface area contributed by atoms with Crippen molar-refractivity contribution in [2.24, 2.45) is 10.8 Å². The second kappa shape index (κ2) is 6.70. The van der Waals surface area contributed by atoms with E-state index in [1.807, 2.05) is 6.92 Å². The van der Waals surface area contributed by atoms with E-state index < -0.39 is 0 Å². The van der Waals surface area contributed by atoms with E-state index in [0.29, 0.717) is 5.96 Å². The maximum absolute atomic E-state index is 5.43. The fourth-order valence-electron chi connectivity index (χ4n) is 1.74. The Bertz CT molecular complexity index is 226. The SMILES string of the molecule is CCOCCCN=C(NN)NC1(C)CCC1. The molecule has 1 rings (SSSR count). The van der Waals surface area contributed by atoms with Crippen LogP contribution in [0.1, 0.15) is 39.5 Å². The van der Waals surface area contributed by atoms with Gasteiger partial charge in [0.25, 0.3) is 0 Å². The van der Waals surface area contributed by atoms with Crippen LogP contribution in [-0.2, 0) is 4.74 Å². The van der Waals surface area contributed by atoms with E-state index in [1.54, 1.807) is 0 Å². The molecule has 0 atom stereocenters. The normalized spacial score (nSPS) is 19.1. The summed E-state index contributed by atoms with van der Waals surface area (Å²) >= 11 is 0. The summed E-state index contributed by atoms with van der Waals surface area (Å²) in [5, 5.41) is 3.34. The fourth-order valence-corrected chi connectivity index (χ4v) is 1.74. The Balaban J connectivity index is 2.21. The summed E-state index contributed by atoms with van der Waals surface area (Å²) in [6.07, 6.45) is 4.59. The Morgan fingerprint density at radius 2 is 2.25 bits per heavy atom. The Labute approximate surface area is 97.8 Å². The first-order valence-electron chi connectivity index (χ1n) is 6.07. The molecule has 1 aliphatic rings. The van der Waals surface area contributed by atoms with Crippen molar-refractivity contribution in [1.82, 2.24) is 10.7 Å². The summed E-state index contributed by atoms with van der Waals surface area (Å²) < 4.78 is 5.24. The minimum Gasteiger partial charge on any atom is -0.382 e. The highest BCUT2D eigenvalue weighted by Crippen LogP contribution is 2.30. The third-order valence-corrected chi connectivity index (χ3v) is 2.93. The minimum absolute atomic E-state index is 0.186. The van der Waals surface area contributed by atoms with Crippen molar-refractivity contribution in [1.29, 1.82) is 0 Å². The smallest absolute Gasteiger partial charge is 0.206 e. The van der Waals surface area contributed by atoms with E-state index in [1.165, 1.54) is 19.3 Å². The zero-order valence-electron chi connectivity index (χ0n) is 10.4. The third-order valence-electron chi connectivity index (χ3n) is 2.93. The molecule has 0 amide bonds. The van der Waals surface area contributed by atoms with Gasteiger partial charge < -0.3 is 10.1 Å². The van der Waals surface area contributed by atoms with Crippen LogP contribution in [0.3, 0.4) is 0 Å². The van der Waals surface area contributed by atoms with E-state index in [0.717, 1.165) is 26.2 Å². The highest BCUT2D eigenvalue weighted by atomic mass is 16.5. The molecule has 0 unspecified atom stereocenters. The van der Waals surface area contributed by atoms with Crippen LogP contribution in [-0.4, -0.2) is 31.3 Å². The number of nitrogens with one attached hydrogen (secondary N) is 2. The highest BCUT2D eigenvalue weighted by molar-refractivity contribution is 5.80. The maximum atomic E-state index is 5.43. The van der Waals surface area contributed by atoms with Crippen molar-refractivity contribution in [3.05, 3.63) is 0 Å². The molecule has 1 fully saturated rings. The molecule has 4 N–H and O–H groups in total. The number of rotatable bonds is 6. The first-order chi connectivity index (χ1) is 7.70. The van der Waals surface area contributed by atoms with Crippen molar-refractivity contribution < 1.29 is 4.74 Å². The molecule has 0 bridgehead atoms. The van der Waals surface area contributed by atoms with Gasteiger partial charge in [-0.05, 0) is 39.5 Å². The van der Waals surface area contributed by atoms with Crippen molar-refractivity contribution in [2.75, 3.05) is 19.8 Å². The lowest BCUT2D eigenvalue weighted by Crippen LogP contribution is -2.56. The molecule has 0 heterocycles. The number of aliphatic imine (C=N–C) groups is 1. The zero-order valence-corrected chi connectivity index (χ0v) is 10.4. The molecule has 0 aliphatic heterocycles. The zero-order chi connectivity index (χ0) is 11.9. The van der Waals surface area contributed by atoms with Gasteiger partial charge >= 0.3 is 0 Å². The monoisotopic (exact) mass is 228 g/mol. The maximum Gasteiger partial charge on any atom is 0.206 e. The average Bonchev–Trinajstić information content (AvgIpc) is 2.25. The van der Waals surface area contributed by atoms with E-state index in [9.17, 15) is 0 Å². The van der Waals surface area contributed by atoms with Gasteiger partial charge in [-0.3, -0.25) is 10.4 Å². The number of hydrazine groups is 1. The molecule has 0 spiro atoms. The van der Waals surface area contributed by atoms with Crippen LogP contribution in [0.15, 0.2) is 4.99 Å². The van der Waals surface area contributed by atoms with Crippen LogP contribution in [0.4, 0.5) is 0 Å². The molecule has 16 heavy (non-hydrogen) atoms. The summed E-state index contributed by atoms with van der Waals surface area (Å²) in [7, 11) is 0. The second-order valence-electron chi connectivity index (χ2n) is 4.46. The van der Waals surface area contributed by atoms with Gasteiger partial charge in [-0.25, -0.2) is 5.84 Å². The van der Waals surface area contributed by atoms with Crippen LogP contribution in [0, 0.1) is 0 Å². The molecule has 94 valence electrons. The molecule has 0 aromatic carbocycles. The first-order valence-corrected chi connectivity index (χ1v) is 6.07. The fraction of sp³-hybridized carbons (Fsp3) is 0.909. The van der Waals surface area contributed by atoms with Crippen LogP contribution < -0.4 is 16.6 Å². The summed E-state index contributed by atoms with van der Waals surface area (Å²) in [6.45, 7) is 6.46. The quantitative estimate of drug-likeness (QED) is 0.206. The number of hydrogen-bond donors (Lipinski definition) is 3. The molecule has 0 aromatic rings. The van der Waals surface area contributed by atoms with Crippen molar-refractivity contribution >= 4 is 5.96 Å². The Morgan fingerprint density at radius 1 is 1.50 bits per heavy atom. The lowest BCUT2D eigenvalue weighted by atomic mass is 9.79. The molecular formula is C11H24N4O. The van der Waals surface area contributed by atoms with Crippen LogP contribution in [0.2, 0.25) is 0 Å². The third kappa shape index (κ3) is 4.37. The summed E-state index contributed by atoms with van der Waals surface area (Å²) in [6, 6.07) is 0. The Morgan fingerprint density at radius 3 is 2.75 bits per heavy atom. The number of hydrogen-bond acceptors (Lipinski definition) is 3. The number of ether oxygens (including phenoxy) is 1. The lowest BCUT2D eigenvalue weighted by Gasteiger charge is -2.40. The summed E-state index contributed by atoms with van der Waals surface area (Å²) in [5.41, 5.74) is 2.80. The molecule has 5 heteroatoms. The number of nitrogens with two attached hydrogens (primary N) is 1. The van der Waals surface area contributed by atoms with Gasteiger partial charge in [0, 0.05) is 25.3 Å². The average molecular weight is 228 g/mol. The van der Waals surface area contributed by atoms with Crippen molar-refractivity contribution in [3.63, 3.8) is 0 Å². The van der Waals surface area contributed by atoms with E-state index in [2.05, 4.69) is 22.7 Å². The second-order valence-corrected chi connectivity index (χ2v) is 4.46. The van der Waals surface area contributed by atoms with E-state index in [-0.39, 0.29) is 5.54 Å². The lowest BCUT2D eigenvalue weighted by molar-refractivity contribution is 0.146. The molecular weight excluding hydrogens is 204 g/mol. The molecule has 0 saturated heterocycles. The van der Waals surface area contributed by atoms with Gasteiger partial charge in [-0.2, -0.15) is 0 Å². The molecule has 0 aromatic heterocycles. The van der Waals surface area contributed by atoms with Crippen LogP contribution >= 0.6 is 0 Å². The van der Waals surface area contributed by atoms with Gasteiger partial charge in [-0.15, -0.1) is 0 Å². The standard InChI is InChI=1S/C11H24N4O/c1-3-16-9-5-8-13-10(15-12)14-11(2)6-4-7-11/h3-9,12H2,1-2H3,(H2,13,14,15). The first kappa shape index (κ1) is 13.3. The topological polar surface area (TPSA) is 71.7 Å². The van der Waals surface area contributed by atoms with E-state index in [4.69, 9.17) is 10.6 Å². The predicted molar refractivity (Wildman–Crippen MR) is 66.1 cm³/mol. The Hall–Kier alpha value is -0.810. The van der Waals surface area contributed by atoms with Crippen molar-refractivity contribution in [2.45, 2.75) is 45.1 Å². The van der Waals surface area contributed by atoms with Gasteiger partial charge in [0.2, 0.25) is 5.96 Å². The summed E-state index contributed by atoms with van der Waals surface area (Å²) in [5.74, 6) is 6.12. The number of guanidine groups is 1. The molecule has 1 aliphatic carbocycles. The minimum atomic E-state index is 0.186. The van der Waals surface area contributed by atoms with Crippen LogP contribution in [0.5, 0.6) is 0 Å². The van der Waals surface area contributed by atoms with Crippen molar-refractivity contribution in [3.8, 4) is 0 Å².